The molecule has 2 aromatic rings. The summed E-state index contributed by atoms with van der Waals surface area (Å²) >= 11 is 0. The number of rotatable bonds is 3. The number of halogens is 3. The number of aromatic nitrogens is 2. The summed E-state index contributed by atoms with van der Waals surface area (Å²) in [6.45, 7) is 9.65. The average Bonchev–Trinajstić information content (AvgIpc) is 2.68. The molecule has 3 rings (SSSR count). The molecule has 0 unspecified atom stereocenters. The third-order valence-electron chi connectivity index (χ3n) is 4.65. The zero-order valence-corrected chi connectivity index (χ0v) is 15.1. The summed E-state index contributed by atoms with van der Waals surface area (Å²) < 4.78 is 39.5. The first-order valence-electron chi connectivity index (χ1n) is 8.71. The predicted octanol–water partition coefficient (Wildman–Crippen LogP) is 4.21. The van der Waals surface area contributed by atoms with Gasteiger partial charge in [0.1, 0.15) is 0 Å². The normalized spacial score (nSPS) is 15.2. The van der Waals surface area contributed by atoms with Crippen LogP contribution in [0.5, 0.6) is 0 Å². The molecule has 0 saturated carbocycles. The lowest BCUT2D eigenvalue weighted by molar-refractivity contribution is -0.136. The Hall–Kier alpha value is -3.15. The van der Waals surface area contributed by atoms with Crippen molar-refractivity contribution in [3.05, 3.63) is 53.1 Å². The molecule has 9 heteroatoms. The molecule has 1 fully saturated rings. The molecular formula is C19H18F3N5O. The Bertz CT molecular complexity index is 897. The van der Waals surface area contributed by atoms with Crippen LogP contribution < -0.4 is 10.2 Å². The predicted molar refractivity (Wildman–Crippen MR) is 98.0 cm³/mol. The Morgan fingerprint density at radius 1 is 1.25 bits per heavy atom. The van der Waals surface area contributed by atoms with Crippen LogP contribution in [0.25, 0.3) is 4.85 Å². The molecule has 0 atom stereocenters. The van der Waals surface area contributed by atoms with Crippen LogP contribution in [-0.4, -0.2) is 29.0 Å². The van der Waals surface area contributed by atoms with Gasteiger partial charge >= 0.3 is 6.18 Å². The number of aryl methyl sites for hydroxylation is 1. The van der Waals surface area contributed by atoms with Crippen molar-refractivity contribution in [2.45, 2.75) is 25.9 Å². The number of amides is 1. The fourth-order valence-electron chi connectivity index (χ4n) is 3.11. The minimum absolute atomic E-state index is 0.192. The molecule has 1 aromatic heterocycles. The van der Waals surface area contributed by atoms with Crippen molar-refractivity contribution in [1.82, 2.24) is 9.97 Å². The summed E-state index contributed by atoms with van der Waals surface area (Å²) in [6, 6.07) is 3.72. The molecule has 2 heterocycles. The highest BCUT2D eigenvalue weighted by atomic mass is 19.4. The van der Waals surface area contributed by atoms with Gasteiger partial charge in [0.2, 0.25) is 11.9 Å². The zero-order chi connectivity index (χ0) is 20.3. The van der Waals surface area contributed by atoms with E-state index in [0.717, 1.165) is 11.6 Å². The lowest BCUT2D eigenvalue weighted by Crippen LogP contribution is -2.38. The number of hydrogen-bond acceptors (Lipinski definition) is 4. The Balaban J connectivity index is 1.64. The highest BCUT2D eigenvalue weighted by molar-refractivity contribution is 5.91. The van der Waals surface area contributed by atoms with Gasteiger partial charge in [-0.1, -0.05) is 6.07 Å². The van der Waals surface area contributed by atoms with Crippen molar-refractivity contribution in [1.29, 1.82) is 0 Å². The second kappa shape index (κ2) is 7.84. The number of nitrogens with one attached hydrogen (secondary N) is 1. The van der Waals surface area contributed by atoms with Gasteiger partial charge in [0.15, 0.2) is 5.69 Å². The van der Waals surface area contributed by atoms with E-state index in [1.165, 1.54) is 12.1 Å². The Kier molecular flexibility index (Phi) is 5.49. The van der Waals surface area contributed by atoms with Crippen LogP contribution >= 0.6 is 0 Å². The maximum absolute atomic E-state index is 13.2. The summed E-state index contributed by atoms with van der Waals surface area (Å²) in [5.74, 6) is -0.212. The molecule has 0 bridgehead atoms. The molecule has 146 valence electrons. The van der Waals surface area contributed by atoms with Crippen LogP contribution in [0.2, 0.25) is 0 Å². The van der Waals surface area contributed by atoms with Crippen molar-refractivity contribution in [3.63, 3.8) is 0 Å². The molecule has 1 aliphatic heterocycles. The van der Waals surface area contributed by atoms with Crippen molar-refractivity contribution < 1.29 is 18.0 Å². The van der Waals surface area contributed by atoms with Gasteiger partial charge in [-0.25, -0.2) is 14.8 Å². The Morgan fingerprint density at radius 2 is 1.89 bits per heavy atom. The number of nitrogens with zero attached hydrogens (tertiary/aromatic N) is 4. The SMILES string of the molecule is [C-]#[N+]c1ccc(N2CCC(C(=O)Nc3ncc(C)cn3)CC2)cc1C(F)(F)F. The van der Waals surface area contributed by atoms with E-state index < -0.39 is 17.4 Å². The summed E-state index contributed by atoms with van der Waals surface area (Å²) in [7, 11) is 0. The van der Waals surface area contributed by atoms with Crippen LogP contribution in [0, 0.1) is 19.4 Å². The Morgan fingerprint density at radius 3 is 2.46 bits per heavy atom. The average molecular weight is 389 g/mol. The maximum Gasteiger partial charge on any atom is 0.407 e. The summed E-state index contributed by atoms with van der Waals surface area (Å²) in [5.41, 5.74) is -0.0609. The van der Waals surface area contributed by atoms with Crippen LogP contribution in [0.4, 0.5) is 30.5 Å². The molecule has 0 radical (unpaired) electrons. The van der Waals surface area contributed by atoms with E-state index in [0.29, 0.717) is 31.6 Å². The first kappa shape index (κ1) is 19.6. The molecule has 28 heavy (non-hydrogen) atoms. The van der Waals surface area contributed by atoms with Crippen molar-refractivity contribution in [3.8, 4) is 0 Å². The van der Waals surface area contributed by atoms with E-state index >= 15 is 0 Å². The molecule has 0 aliphatic carbocycles. The van der Waals surface area contributed by atoms with Gasteiger partial charge in [0.05, 0.1) is 12.1 Å². The number of anilines is 2. The van der Waals surface area contributed by atoms with Crippen LogP contribution in [0.15, 0.2) is 30.6 Å². The second-order valence-corrected chi connectivity index (χ2v) is 6.65. The van der Waals surface area contributed by atoms with Crippen molar-refractivity contribution >= 4 is 23.2 Å². The van der Waals surface area contributed by atoms with Gasteiger partial charge in [-0.3, -0.25) is 10.1 Å². The van der Waals surface area contributed by atoms with E-state index in [1.54, 1.807) is 17.3 Å². The van der Waals surface area contributed by atoms with E-state index in [1.807, 2.05) is 6.92 Å². The quantitative estimate of drug-likeness (QED) is 0.799. The summed E-state index contributed by atoms with van der Waals surface area (Å²) in [6.07, 6.45) is -0.359. The molecule has 1 aromatic carbocycles. The minimum Gasteiger partial charge on any atom is -0.372 e. The van der Waals surface area contributed by atoms with E-state index in [-0.39, 0.29) is 17.8 Å². The van der Waals surface area contributed by atoms with Crippen molar-refractivity contribution in [2.75, 3.05) is 23.3 Å². The smallest absolute Gasteiger partial charge is 0.372 e. The number of hydrogen-bond donors (Lipinski definition) is 1. The summed E-state index contributed by atoms with van der Waals surface area (Å²) in [4.78, 5) is 25.2. The highest BCUT2D eigenvalue weighted by Crippen LogP contribution is 2.39. The molecule has 1 amide bonds. The molecule has 1 saturated heterocycles. The zero-order valence-electron chi connectivity index (χ0n) is 15.1. The molecule has 0 spiro atoms. The van der Waals surface area contributed by atoms with E-state index in [9.17, 15) is 18.0 Å². The number of alkyl halides is 3. The van der Waals surface area contributed by atoms with Crippen molar-refractivity contribution in [2.24, 2.45) is 5.92 Å². The van der Waals surface area contributed by atoms with Crippen LogP contribution in [0.3, 0.4) is 0 Å². The van der Waals surface area contributed by atoms with E-state index in [4.69, 9.17) is 6.57 Å². The first-order valence-corrected chi connectivity index (χ1v) is 8.71. The second-order valence-electron chi connectivity index (χ2n) is 6.65. The Labute approximate surface area is 160 Å². The van der Waals surface area contributed by atoms with E-state index in [2.05, 4.69) is 20.1 Å². The number of benzene rings is 1. The molecule has 1 aliphatic rings. The maximum atomic E-state index is 13.2. The monoisotopic (exact) mass is 389 g/mol. The minimum atomic E-state index is -4.58. The molecular weight excluding hydrogens is 371 g/mol. The lowest BCUT2D eigenvalue weighted by Gasteiger charge is -2.33. The van der Waals surface area contributed by atoms with Gasteiger partial charge in [0.25, 0.3) is 0 Å². The lowest BCUT2D eigenvalue weighted by atomic mass is 9.95. The number of carbonyl (C=O) groups excluding carboxylic acids is 1. The number of carbonyl (C=O) groups is 1. The van der Waals surface area contributed by atoms with Gasteiger partial charge in [-0.05, 0) is 37.5 Å². The van der Waals surface area contributed by atoms with Gasteiger partial charge < -0.3 is 4.90 Å². The summed E-state index contributed by atoms with van der Waals surface area (Å²) in [5, 5.41) is 2.68. The fraction of sp³-hybridized carbons (Fsp3) is 0.368. The van der Waals surface area contributed by atoms with Crippen LogP contribution in [-0.2, 0) is 11.0 Å². The molecule has 1 N–H and O–H groups in total. The van der Waals surface area contributed by atoms with Gasteiger partial charge in [0, 0.05) is 37.1 Å². The topological polar surface area (TPSA) is 62.5 Å². The molecule has 6 nitrogen and oxygen atoms in total. The first-order chi connectivity index (χ1) is 13.3. The number of piperidine rings is 1. The largest absolute Gasteiger partial charge is 0.407 e. The third-order valence-corrected chi connectivity index (χ3v) is 4.65. The third kappa shape index (κ3) is 4.39. The van der Waals surface area contributed by atoms with Crippen LogP contribution in [0.1, 0.15) is 24.0 Å². The van der Waals surface area contributed by atoms with Gasteiger partial charge in [-0.2, -0.15) is 13.2 Å². The fourth-order valence-corrected chi connectivity index (χ4v) is 3.11. The highest BCUT2D eigenvalue weighted by Gasteiger charge is 2.34. The standard InChI is InChI=1S/C19H18F3N5O/c1-12-10-24-18(25-11-12)26-17(28)13-5-7-27(8-6-13)14-3-4-16(23-2)15(9-14)19(20,21)22/h3-4,9-11,13H,5-8H2,1H3,(H,24,25,26,28). The van der Waals surface area contributed by atoms with Gasteiger partial charge in [-0.15, -0.1) is 0 Å².